The van der Waals surface area contributed by atoms with Gasteiger partial charge < -0.3 is 4.90 Å². The van der Waals surface area contributed by atoms with Gasteiger partial charge in [0.2, 0.25) is 5.91 Å². The topological polar surface area (TPSA) is 20.3 Å². The minimum absolute atomic E-state index is 0.135. The summed E-state index contributed by atoms with van der Waals surface area (Å²) in [4.78, 5) is 14.0. The average Bonchev–Trinajstić information content (AvgIpc) is 2.26. The maximum Gasteiger partial charge on any atom is 0.237 e. The molecule has 1 amide bonds. The third kappa shape index (κ3) is 0.870. The molecular formula is C13H13NO. The van der Waals surface area contributed by atoms with E-state index in [2.05, 4.69) is 18.2 Å². The summed E-state index contributed by atoms with van der Waals surface area (Å²) >= 11 is 0. The summed E-state index contributed by atoms with van der Waals surface area (Å²) < 4.78 is 0. The number of hydrogen-bond donors (Lipinski definition) is 0. The average molecular weight is 199 g/mol. The number of amides is 1. The van der Waals surface area contributed by atoms with E-state index in [0.717, 1.165) is 0 Å². The molecule has 4 rings (SSSR count). The van der Waals surface area contributed by atoms with Crippen molar-refractivity contribution in [2.45, 2.75) is 18.4 Å². The van der Waals surface area contributed by atoms with Gasteiger partial charge in [-0.2, -0.15) is 0 Å². The number of likely N-dealkylation sites (N-methyl/N-ethyl adjacent to an activating group) is 1. The summed E-state index contributed by atoms with van der Waals surface area (Å²) in [6, 6.07) is 8.36. The second-order valence-electron chi connectivity index (χ2n) is 4.51. The van der Waals surface area contributed by atoms with Crippen LogP contribution < -0.4 is 0 Å². The molecule has 2 heteroatoms. The van der Waals surface area contributed by atoms with E-state index in [4.69, 9.17) is 0 Å². The maximum atomic E-state index is 12.1. The molecule has 0 N–H and O–H groups in total. The lowest BCUT2D eigenvalue weighted by Crippen LogP contribution is -2.51. The Bertz CT molecular complexity index is 477. The molecule has 3 aliphatic rings. The van der Waals surface area contributed by atoms with Crippen LogP contribution in [0.3, 0.4) is 0 Å². The Kier molecular flexibility index (Phi) is 1.46. The first kappa shape index (κ1) is 8.72. The molecule has 0 fully saturated rings. The minimum Gasteiger partial charge on any atom is -0.334 e. The monoisotopic (exact) mass is 199 g/mol. The highest BCUT2D eigenvalue weighted by Crippen LogP contribution is 2.45. The van der Waals surface area contributed by atoms with Gasteiger partial charge in [0.1, 0.15) is 0 Å². The van der Waals surface area contributed by atoms with Crippen molar-refractivity contribution in [2.75, 3.05) is 7.05 Å². The van der Waals surface area contributed by atoms with E-state index < -0.39 is 5.41 Å². The van der Waals surface area contributed by atoms with Gasteiger partial charge in [0.05, 0.1) is 11.5 Å². The molecule has 1 aliphatic carbocycles. The molecule has 0 unspecified atom stereocenters. The lowest BCUT2D eigenvalue weighted by Gasteiger charge is -2.46. The maximum absolute atomic E-state index is 12.1. The Balaban J connectivity index is 2.34. The third-order valence-corrected chi connectivity index (χ3v) is 3.63. The number of rotatable bonds is 0. The Morgan fingerprint density at radius 1 is 1.33 bits per heavy atom. The second kappa shape index (κ2) is 2.51. The number of benzene rings is 1. The van der Waals surface area contributed by atoms with Crippen LogP contribution in [0, 0.1) is 0 Å². The molecule has 2 aliphatic heterocycles. The van der Waals surface area contributed by atoms with Crippen LogP contribution in [0.25, 0.3) is 0 Å². The van der Waals surface area contributed by atoms with Crippen LogP contribution >= 0.6 is 0 Å². The van der Waals surface area contributed by atoms with Gasteiger partial charge >= 0.3 is 0 Å². The lowest BCUT2D eigenvalue weighted by atomic mass is 9.69. The summed E-state index contributed by atoms with van der Waals surface area (Å²) in [6.07, 6.45) is 4.17. The van der Waals surface area contributed by atoms with E-state index >= 15 is 0 Å². The molecule has 2 heterocycles. The zero-order valence-electron chi connectivity index (χ0n) is 8.90. The molecule has 0 radical (unpaired) electrons. The van der Waals surface area contributed by atoms with Gasteiger partial charge in [-0.1, -0.05) is 36.4 Å². The van der Waals surface area contributed by atoms with Crippen LogP contribution in [-0.2, 0) is 10.2 Å². The molecule has 0 aromatic heterocycles. The highest BCUT2D eigenvalue weighted by Gasteiger charge is 2.47. The highest BCUT2D eigenvalue weighted by atomic mass is 16.2. The molecule has 2 bridgehead atoms. The third-order valence-electron chi connectivity index (χ3n) is 3.63. The molecule has 1 aromatic rings. The Labute approximate surface area is 89.2 Å². The molecule has 1 aromatic carbocycles. The van der Waals surface area contributed by atoms with E-state index in [-0.39, 0.29) is 11.9 Å². The Morgan fingerprint density at radius 3 is 2.87 bits per heavy atom. The van der Waals surface area contributed by atoms with Crippen LogP contribution in [-0.4, -0.2) is 17.9 Å². The van der Waals surface area contributed by atoms with Gasteiger partial charge in [-0.15, -0.1) is 0 Å². The standard InChI is InChI=1S/C13H13NO/c1-13-8-7-11(14(2)12(13)15)9-5-3-4-6-10(9)13/h3-8,11H,1-2H3/t11-,13-/m0/s1. The van der Waals surface area contributed by atoms with Crippen molar-refractivity contribution in [2.24, 2.45) is 0 Å². The van der Waals surface area contributed by atoms with Gasteiger partial charge in [-0.05, 0) is 18.1 Å². The Morgan fingerprint density at radius 2 is 2.07 bits per heavy atom. The van der Waals surface area contributed by atoms with Crippen LogP contribution in [0.1, 0.15) is 24.1 Å². The van der Waals surface area contributed by atoms with E-state index in [1.54, 1.807) is 0 Å². The summed E-state index contributed by atoms with van der Waals surface area (Å²) in [5.41, 5.74) is 1.99. The van der Waals surface area contributed by atoms with Gasteiger partial charge in [0.15, 0.2) is 0 Å². The Hall–Kier alpha value is -1.57. The fourth-order valence-corrected chi connectivity index (χ4v) is 2.72. The fourth-order valence-electron chi connectivity index (χ4n) is 2.72. The van der Waals surface area contributed by atoms with E-state index in [9.17, 15) is 4.79 Å². The van der Waals surface area contributed by atoms with Gasteiger partial charge in [0.25, 0.3) is 0 Å². The van der Waals surface area contributed by atoms with Gasteiger partial charge in [0, 0.05) is 7.05 Å². The molecule has 2 nitrogen and oxygen atoms in total. The molecule has 76 valence electrons. The van der Waals surface area contributed by atoms with Gasteiger partial charge in [-0.25, -0.2) is 0 Å². The van der Waals surface area contributed by atoms with Gasteiger partial charge in [-0.3, -0.25) is 4.79 Å². The number of carbonyl (C=O) groups is 1. The highest BCUT2D eigenvalue weighted by molar-refractivity contribution is 5.94. The fraction of sp³-hybridized carbons (Fsp3) is 0.308. The lowest BCUT2D eigenvalue weighted by molar-refractivity contribution is -0.137. The smallest absolute Gasteiger partial charge is 0.237 e. The van der Waals surface area contributed by atoms with Crippen molar-refractivity contribution < 1.29 is 4.79 Å². The van der Waals surface area contributed by atoms with Crippen molar-refractivity contribution in [1.82, 2.24) is 4.90 Å². The molecular weight excluding hydrogens is 186 g/mol. The predicted molar refractivity (Wildman–Crippen MR) is 58.4 cm³/mol. The first-order valence-electron chi connectivity index (χ1n) is 5.20. The number of hydrogen-bond acceptors (Lipinski definition) is 1. The first-order chi connectivity index (χ1) is 7.14. The van der Waals surface area contributed by atoms with Crippen LogP contribution in [0.2, 0.25) is 0 Å². The van der Waals surface area contributed by atoms with Crippen molar-refractivity contribution in [3.63, 3.8) is 0 Å². The van der Waals surface area contributed by atoms with Crippen molar-refractivity contribution in [3.05, 3.63) is 47.5 Å². The predicted octanol–water partition coefficient (Wildman–Crippen LogP) is 2.03. The molecule has 0 saturated carbocycles. The molecule has 0 saturated heterocycles. The van der Waals surface area contributed by atoms with Crippen molar-refractivity contribution in [1.29, 1.82) is 0 Å². The number of carbonyl (C=O) groups excluding carboxylic acids is 1. The first-order valence-corrected chi connectivity index (χ1v) is 5.20. The largest absolute Gasteiger partial charge is 0.334 e. The summed E-state index contributed by atoms with van der Waals surface area (Å²) in [7, 11) is 1.88. The molecule has 15 heavy (non-hydrogen) atoms. The van der Waals surface area contributed by atoms with Crippen LogP contribution in [0.5, 0.6) is 0 Å². The summed E-state index contributed by atoms with van der Waals surface area (Å²) in [6.45, 7) is 2.00. The zero-order valence-corrected chi connectivity index (χ0v) is 8.90. The minimum atomic E-state index is -0.444. The summed E-state index contributed by atoms with van der Waals surface area (Å²) in [5, 5.41) is 0. The van der Waals surface area contributed by atoms with E-state index in [0.29, 0.717) is 0 Å². The SMILES string of the molecule is CN1C(=O)[C@@]2(C)C=C[C@H]1c1ccccc12. The second-order valence-corrected chi connectivity index (χ2v) is 4.51. The zero-order chi connectivity index (χ0) is 10.6. The normalized spacial score (nSPS) is 32.0. The summed E-state index contributed by atoms with van der Waals surface area (Å²) in [5.74, 6) is 0.203. The van der Waals surface area contributed by atoms with Crippen LogP contribution in [0.15, 0.2) is 36.4 Å². The molecule has 2 atom stereocenters. The quantitative estimate of drug-likeness (QED) is 0.585. The number of fused-ring (bicyclic) bond motifs is 1. The molecule has 0 spiro atoms. The van der Waals surface area contributed by atoms with E-state index in [1.807, 2.05) is 37.1 Å². The van der Waals surface area contributed by atoms with E-state index in [1.165, 1.54) is 11.1 Å². The van der Waals surface area contributed by atoms with Crippen molar-refractivity contribution in [3.8, 4) is 0 Å². The number of nitrogens with zero attached hydrogens (tertiary/aromatic N) is 1. The van der Waals surface area contributed by atoms with Crippen molar-refractivity contribution >= 4 is 5.91 Å². The van der Waals surface area contributed by atoms with Crippen LogP contribution in [0.4, 0.5) is 0 Å².